The number of piperazine rings is 1. The van der Waals surface area contributed by atoms with Gasteiger partial charge in [0, 0.05) is 50.9 Å². The van der Waals surface area contributed by atoms with Crippen molar-refractivity contribution in [3.63, 3.8) is 0 Å². The molecule has 6 nitrogen and oxygen atoms in total. The van der Waals surface area contributed by atoms with Gasteiger partial charge in [0.15, 0.2) is 0 Å². The third-order valence-corrected chi connectivity index (χ3v) is 7.00. The quantitative estimate of drug-likeness (QED) is 0.689. The first-order valence-corrected chi connectivity index (χ1v) is 11.3. The molecule has 1 aromatic carbocycles. The van der Waals surface area contributed by atoms with Crippen LogP contribution in [0.5, 0.6) is 5.75 Å². The van der Waals surface area contributed by atoms with E-state index < -0.39 is 0 Å². The van der Waals surface area contributed by atoms with Crippen molar-refractivity contribution in [1.29, 1.82) is 0 Å². The van der Waals surface area contributed by atoms with Crippen molar-refractivity contribution < 1.29 is 9.53 Å². The predicted octanol–water partition coefficient (Wildman–Crippen LogP) is 2.59. The summed E-state index contributed by atoms with van der Waals surface area (Å²) < 4.78 is 5.22. The molecule has 1 aliphatic heterocycles. The number of carbonyl (C=O) groups excluding carboxylic acids is 1. The van der Waals surface area contributed by atoms with Gasteiger partial charge in [-0.25, -0.2) is 0 Å². The minimum atomic E-state index is -0.0443. The van der Waals surface area contributed by atoms with Crippen LogP contribution in [0, 0.1) is 11.8 Å². The molecular weight excluding hydrogens is 364 g/mol. The minimum absolute atomic E-state index is 0.0443. The van der Waals surface area contributed by atoms with Crippen LogP contribution in [0.2, 0.25) is 0 Å². The van der Waals surface area contributed by atoms with E-state index in [9.17, 15) is 4.79 Å². The van der Waals surface area contributed by atoms with Crippen molar-refractivity contribution in [2.75, 3.05) is 52.1 Å². The van der Waals surface area contributed by atoms with Crippen LogP contribution in [0.1, 0.15) is 48.9 Å². The zero-order valence-corrected chi connectivity index (χ0v) is 17.7. The maximum Gasteiger partial charge on any atom is 0.251 e. The van der Waals surface area contributed by atoms with Gasteiger partial charge in [-0.15, -0.1) is 0 Å². The van der Waals surface area contributed by atoms with Gasteiger partial charge >= 0.3 is 0 Å². The number of rotatable bonds is 7. The lowest BCUT2D eigenvalue weighted by atomic mass is 9.85. The van der Waals surface area contributed by atoms with E-state index in [1.165, 1.54) is 71.2 Å². The number of nitrogen functional groups attached to an aromatic ring is 1. The number of nitrogens with zero attached hydrogens (tertiary/aromatic N) is 2. The second-order valence-corrected chi connectivity index (χ2v) is 9.12. The molecule has 4 rings (SSSR count). The molecule has 2 saturated carbocycles. The molecule has 1 amide bonds. The van der Waals surface area contributed by atoms with Crippen LogP contribution in [0.15, 0.2) is 18.2 Å². The van der Waals surface area contributed by atoms with Crippen LogP contribution in [0.3, 0.4) is 0 Å². The Morgan fingerprint density at radius 2 is 1.76 bits per heavy atom. The van der Waals surface area contributed by atoms with Crippen LogP contribution < -0.4 is 15.8 Å². The lowest BCUT2D eigenvalue weighted by Crippen LogP contribution is -2.51. The first kappa shape index (κ1) is 20.5. The molecule has 1 heterocycles. The normalized spacial score (nSPS) is 26.2. The maximum absolute atomic E-state index is 12.5. The molecule has 2 aliphatic carbocycles. The molecule has 6 heteroatoms. The fourth-order valence-corrected chi connectivity index (χ4v) is 4.88. The molecule has 0 bridgehead atoms. The summed E-state index contributed by atoms with van der Waals surface area (Å²) in [6.07, 6.45) is 7.84. The number of methoxy groups -OCH3 is 1. The predicted molar refractivity (Wildman–Crippen MR) is 116 cm³/mol. The smallest absolute Gasteiger partial charge is 0.251 e. The van der Waals surface area contributed by atoms with E-state index in [1.807, 2.05) is 0 Å². The van der Waals surface area contributed by atoms with Gasteiger partial charge in [-0.2, -0.15) is 0 Å². The largest absolute Gasteiger partial charge is 0.495 e. The summed E-state index contributed by atoms with van der Waals surface area (Å²) >= 11 is 0. The van der Waals surface area contributed by atoms with Crippen LogP contribution in [0.25, 0.3) is 0 Å². The average molecular weight is 401 g/mol. The molecule has 1 aromatic rings. The maximum atomic E-state index is 12.5. The molecular formula is C23H36N4O2. The summed E-state index contributed by atoms with van der Waals surface area (Å²) in [6, 6.07) is 5.94. The van der Waals surface area contributed by atoms with Gasteiger partial charge in [0.05, 0.1) is 12.8 Å². The van der Waals surface area contributed by atoms with E-state index in [-0.39, 0.29) is 5.91 Å². The lowest BCUT2D eigenvalue weighted by molar-refractivity contribution is 0.0678. The lowest BCUT2D eigenvalue weighted by Gasteiger charge is -2.42. The van der Waals surface area contributed by atoms with Gasteiger partial charge < -0.3 is 20.7 Å². The summed E-state index contributed by atoms with van der Waals surface area (Å²) in [6.45, 7) is 7.05. The van der Waals surface area contributed by atoms with Crippen molar-refractivity contribution in [2.24, 2.45) is 11.8 Å². The third kappa shape index (κ3) is 5.43. The first-order valence-electron chi connectivity index (χ1n) is 11.3. The number of benzene rings is 1. The molecule has 160 valence electrons. The van der Waals surface area contributed by atoms with Gasteiger partial charge in [0.25, 0.3) is 5.91 Å². The standard InChI is InChI=1S/C23H36N4O2/c1-29-22-14-19(6-9-21(22)24)23(28)25-15-17-4-7-20(8-5-17)27-12-10-26(11-13-27)16-18-2-3-18/h6,9,14,17-18,20H,2-5,7-8,10-13,15-16,24H2,1H3,(H,25,28). The number of carbonyl (C=O) groups is 1. The van der Waals surface area contributed by atoms with Gasteiger partial charge in [0.2, 0.25) is 0 Å². The van der Waals surface area contributed by atoms with Gasteiger partial charge in [-0.1, -0.05) is 0 Å². The number of hydrogen-bond donors (Lipinski definition) is 2. The summed E-state index contributed by atoms with van der Waals surface area (Å²) in [4.78, 5) is 17.9. The Balaban J connectivity index is 1.17. The Bertz CT molecular complexity index is 690. The number of ether oxygens (including phenoxy) is 1. The topological polar surface area (TPSA) is 70.8 Å². The van der Waals surface area contributed by atoms with E-state index in [0.717, 1.165) is 18.5 Å². The second kappa shape index (κ2) is 9.35. The number of anilines is 1. The van der Waals surface area contributed by atoms with Crippen molar-refractivity contribution in [1.82, 2.24) is 15.1 Å². The highest BCUT2D eigenvalue weighted by Gasteiger charge is 2.30. The molecule has 0 radical (unpaired) electrons. The summed E-state index contributed by atoms with van der Waals surface area (Å²) in [5.74, 6) is 2.09. The molecule has 0 aromatic heterocycles. The fourth-order valence-electron chi connectivity index (χ4n) is 4.88. The van der Waals surface area contributed by atoms with Crippen molar-refractivity contribution in [2.45, 2.75) is 44.6 Å². The molecule has 3 aliphatic rings. The zero-order valence-electron chi connectivity index (χ0n) is 17.7. The molecule has 0 unspecified atom stereocenters. The van der Waals surface area contributed by atoms with Crippen molar-refractivity contribution in [3.8, 4) is 5.75 Å². The Morgan fingerprint density at radius 1 is 1.07 bits per heavy atom. The molecule has 3 fully saturated rings. The van der Waals surface area contributed by atoms with Crippen LogP contribution >= 0.6 is 0 Å². The zero-order chi connectivity index (χ0) is 20.2. The number of hydrogen-bond acceptors (Lipinski definition) is 5. The highest BCUT2D eigenvalue weighted by Crippen LogP contribution is 2.31. The molecule has 0 atom stereocenters. The van der Waals surface area contributed by atoms with E-state index in [4.69, 9.17) is 10.5 Å². The Hall–Kier alpha value is -1.79. The third-order valence-electron chi connectivity index (χ3n) is 7.00. The first-order chi connectivity index (χ1) is 14.1. The summed E-state index contributed by atoms with van der Waals surface area (Å²) in [5.41, 5.74) is 6.99. The second-order valence-electron chi connectivity index (χ2n) is 9.12. The number of amides is 1. The highest BCUT2D eigenvalue weighted by molar-refractivity contribution is 5.95. The summed E-state index contributed by atoms with van der Waals surface area (Å²) in [5, 5.41) is 3.11. The minimum Gasteiger partial charge on any atom is -0.495 e. The highest BCUT2D eigenvalue weighted by atomic mass is 16.5. The summed E-state index contributed by atoms with van der Waals surface area (Å²) in [7, 11) is 1.57. The fraction of sp³-hybridized carbons (Fsp3) is 0.696. The van der Waals surface area contributed by atoms with E-state index in [1.54, 1.807) is 25.3 Å². The van der Waals surface area contributed by atoms with E-state index in [0.29, 0.717) is 22.9 Å². The van der Waals surface area contributed by atoms with Crippen molar-refractivity contribution >= 4 is 11.6 Å². The Kier molecular flexibility index (Phi) is 6.60. The number of nitrogens with two attached hydrogens (primary N) is 1. The van der Waals surface area contributed by atoms with Crippen molar-refractivity contribution in [3.05, 3.63) is 23.8 Å². The van der Waals surface area contributed by atoms with Gasteiger partial charge in [-0.3, -0.25) is 9.69 Å². The van der Waals surface area contributed by atoms with E-state index >= 15 is 0 Å². The molecule has 29 heavy (non-hydrogen) atoms. The van der Waals surface area contributed by atoms with Gasteiger partial charge in [0.1, 0.15) is 5.75 Å². The molecule has 0 spiro atoms. The Morgan fingerprint density at radius 3 is 2.41 bits per heavy atom. The Labute approximate surface area is 174 Å². The van der Waals surface area contributed by atoms with E-state index in [2.05, 4.69) is 15.1 Å². The SMILES string of the molecule is COc1cc(C(=O)NCC2CCC(N3CCN(CC4CC4)CC3)CC2)ccc1N. The van der Waals surface area contributed by atoms with Crippen LogP contribution in [-0.2, 0) is 0 Å². The van der Waals surface area contributed by atoms with Crippen LogP contribution in [-0.4, -0.2) is 68.1 Å². The van der Waals surface area contributed by atoms with Crippen LogP contribution in [0.4, 0.5) is 5.69 Å². The number of nitrogens with one attached hydrogen (secondary N) is 1. The monoisotopic (exact) mass is 400 g/mol. The average Bonchev–Trinajstić information content (AvgIpc) is 3.57. The van der Waals surface area contributed by atoms with Gasteiger partial charge in [-0.05, 0) is 68.6 Å². The molecule has 1 saturated heterocycles. The molecule has 3 N–H and O–H groups in total.